The fraction of sp³-hybridized carbons (Fsp3) is 1.00. The van der Waals surface area contributed by atoms with Crippen molar-refractivity contribution in [3.8, 4) is 0 Å². The third-order valence-corrected chi connectivity index (χ3v) is 1.46. The molecule has 0 amide bonds. The van der Waals surface area contributed by atoms with Crippen molar-refractivity contribution in [2.45, 2.75) is 11.7 Å². The summed E-state index contributed by atoms with van der Waals surface area (Å²) in [7, 11) is -5.98. The van der Waals surface area contributed by atoms with Crippen LogP contribution in [0.5, 0.6) is 0 Å². The first-order valence-electron chi connectivity index (χ1n) is 1.82. The number of hydrogen-bond acceptors (Lipinski definition) is 2. The van der Waals surface area contributed by atoms with E-state index in [4.69, 9.17) is 4.55 Å². The van der Waals surface area contributed by atoms with Crippen LogP contribution in [-0.2, 0) is 10.1 Å². The molecule has 1 N–H and O–H groups in total. The molecule has 0 bridgehead atoms. The van der Waals surface area contributed by atoms with Crippen LogP contribution in [0.3, 0.4) is 0 Å². The molecule has 3 nitrogen and oxygen atoms in total. The van der Waals surface area contributed by atoms with E-state index in [1.165, 1.54) is 0 Å². The van der Waals surface area contributed by atoms with Crippen LogP contribution in [0.25, 0.3) is 0 Å². The van der Waals surface area contributed by atoms with Crippen LogP contribution in [0.1, 0.15) is 0 Å². The summed E-state index contributed by atoms with van der Waals surface area (Å²) in [6.07, 6.45) is -4.41. The maximum absolute atomic E-state index is 11.5. The molecule has 0 aromatic rings. The van der Waals surface area contributed by atoms with Crippen LogP contribution in [0.2, 0.25) is 0 Å². The van der Waals surface area contributed by atoms with Crippen molar-refractivity contribution in [3.63, 3.8) is 0 Å². The monoisotopic (exact) mass is 222 g/mol. The number of rotatable bonds is 2. The first kappa shape index (κ1) is 14.8. The van der Waals surface area contributed by atoms with E-state index in [0.717, 1.165) is 0 Å². The van der Waals surface area contributed by atoms with Gasteiger partial charge in [0.1, 0.15) is 0 Å². The maximum atomic E-state index is 11.5. The standard InChI is InChI=1S/C2H2F4O3S.K.H/c3-1(4)2(5,6)10(7,8)9;;/h1H,(H,7,8,9);;. The Morgan fingerprint density at radius 2 is 1.55 bits per heavy atom. The molecule has 0 rings (SSSR count). The minimum atomic E-state index is -5.98. The molecular formula is C2H3F4KO3S. The second-order valence-corrected chi connectivity index (χ2v) is 2.83. The van der Waals surface area contributed by atoms with Gasteiger partial charge in [0.05, 0.1) is 0 Å². The first-order chi connectivity index (χ1) is 4.19. The van der Waals surface area contributed by atoms with Crippen LogP contribution >= 0.6 is 0 Å². The summed E-state index contributed by atoms with van der Waals surface area (Å²) < 4.78 is 71.3. The molecule has 0 radical (unpaired) electrons. The van der Waals surface area contributed by atoms with Crippen LogP contribution in [0, 0.1) is 0 Å². The van der Waals surface area contributed by atoms with Crippen molar-refractivity contribution in [3.05, 3.63) is 0 Å². The van der Waals surface area contributed by atoms with Gasteiger partial charge in [-0.2, -0.15) is 17.2 Å². The van der Waals surface area contributed by atoms with Gasteiger partial charge in [0.15, 0.2) is 0 Å². The molecule has 0 heterocycles. The molecule has 0 aliphatic rings. The van der Waals surface area contributed by atoms with Gasteiger partial charge in [-0.3, -0.25) is 4.55 Å². The van der Waals surface area contributed by atoms with E-state index in [1.807, 2.05) is 0 Å². The second kappa shape index (κ2) is 4.49. The van der Waals surface area contributed by atoms with E-state index in [-0.39, 0.29) is 51.4 Å². The molecule has 0 unspecified atom stereocenters. The van der Waals surface area contributed by atoms with Gasteiger partial charge >= 0.3 is 73.2 Å². The molecule has 0 aromatic carbocycles. The Morgan fingerprint density at radius 3 is 1.55 bits per heavy atom. The summed E-state index contributed by atoms with van der Waals surface area (Å²) in [6.45, 7) is 0. The Labute approximate surface area is 102 Å². The Hall–Kier alpha value is 1.27. The molecule has 0 saturated carbocycles. The Kier molecular flexibility index (Phi) is 6.03. The van der Waals surface area contributed by atoms with Crippen molar-refractivity contribution >= 4 is 61.5 Å². The van der Waals surface area contributed by atoms with Gasteiger partial charge in [0.25, 0.3) is 0 Å². The predicted molar refractivity (Wildman–Crippen MR) is 29.6 cm³/mol. The SMILES string of the molecule is O=S(=O)(O)C(F)(F)C(F)F.[KH]. The average molecular weight is 222 g/mol. The molecular weight excluding hydrogens is 219 g/mol. The van der Waals surface area contributed by atoms with Crippen LogP contribution in [0.4, 0.5) is 17.6 Å². The van der Waals surface area contributed by atoms with E-state index in [2.05, 4.69) is 0 Å². The van der Waals surface area contributed by atoms with Gasteiger partial charge in [0.2, 0.25) is 0 Å². The van der Waals surface area contributed by atoms with Gasteiger partial charge < -0.3 is 0 Å². The summed E-state index contributed by atoms with van der Waals surface area (Å²) in [5, 5.41) is -5.37. The topological polar surface area (TPSA) is 54.4 Å². The van der Waals surface area contributed by atoms with E-state index < -0.39 is 21.8 Å². The zero-order valence-corrected chi connectivity index (χ0v) is 5.08. The number of hydrogen-bond donors (Lipinski definition) is 1. The van der Waals surface area contributed by atoms with E-state index in [1.54, 1.807) is 0 Å². The summed E-state index contributed by atoms with van der Waals surface area (Å²) in [5.41, 5.74) is 0. The zero-order valence-electron chi connectivity index (χ0n) is 4.26. The van der Waals surface area contributed by atoms with E-state index >= 15 is 0 Å². The van der Waals surface area contributed by atoms with Gasteiger partial charge in [-0.25, -0.2) is 8.78 Å². The number of halogens is 4. The van der Waals surface area contributed by atoms with E-state index in [0.29, 0.717) is 0 Å². The fourth-order valence-corrected chi connectivity index (χ4v) is 0.338. The summed E-state index contributed by atoms with van der Waals surface area (Å²) in [5.74, 6) is 0. The molecule has 9 heteroatoms. The summed E-state index contributed by atoms with van der Waals surface area (Å²) in [4.78, 5) is 0. The normalized spacial score (nSPS) is 12.9. The summed E-state index contributed by atoms with van der Waals surface area (Å²) >= 11 is 0. The Morgan fingerprint density at radius 1 is 1.27 bits per heavy atom. The molecule has 64 valence electrons. The molecule has 0 spiro atoms. The predicted octanol–water partition coefficient (Wildman–Crippen LogP) is 0.0836. The number of alkyl halides is 4. The van der Waals surface area contributed by atoms with Gasteiger partial charge in [-0.05, 0) is 0 Å². The van der Waals surface area contributed by atoms with Crippen molar-refractivity contribution in [2.24, 2.45) is 0 Å². The first-order valence-corrected chi connectivity index (χ1v) is 3.26. The van der Waals surface area contributed by atoms with Gasteiger partial charge in [-0.15, -0.1) is 0 Å². The van der Waals surface area contributed by atoms with Gasteiger partial charge in [0, 0.05) is 0 Å². The van der Waals surface area contributed by atoms with Crippen LogP contribution < -0.4 is 0 Å². The zero-order chi connectivity index (χ0) is 8.58. The molecule has 0 atom stereocenters. The molecule has 0 aliphatic carbocycles. The molecule has 0 aliphatic heterocycles. The van der Waals surface area contributed by atoms with Gasteiger partial charge in [-0.1, -0.05) is 0 Å². The van der Waals surface area contributed by atoms with Crippen molar-refractivity contribution in [1.82, 2.24) is 0 Å². The molecule has 0 saturated heterocycles. The van der Waals surface area contributed by atoms with Crippen molar-refractivity contribution in [1.29, 1.82) is 0 Å². The van der Waals surface area contributed by atoms with Crippen molar-refractivity contribution < 1.29 is 30.5 Å². The minimum absolute atomic E-state index is 0. The summed E-state index contributed by atoms with van der Waals surface area (Å²) in [6, 6.07) is 0. The van der Waals surface area contributed by atoms with Crippen molar-refractivity contribution in [2.75, 3.05) is 0 Å². The molecule has 0 aromatic heterocycles. The van der Waals surface area contributed by atoms with E-state index in [9.17, 15) is 26.0 Å². The third kappa shape index (κ3) is 3.66. The second-order valence-electron chi connectivity index (χ2n) is 1.34. The Bertz CT molecular complexity index is 211. The average Bonchev–Trinajstić information content (AvgIpc) is 1.62. The molecule has 11 heavy (non-hydrogen) atoms. The quantitative estimate of drug-likeness (QED) is 0.409. The Balaban J connectivity index is 0. The van der Waals surface area contributed by atoms with Crippen LogP contribution in [-0.4, -0.2) is 76.0 Å². The van der Waals surface area contributed by atoms with Crippen LogP contribution in [0.15, 0.2) is 0 Å². The molecule has 0 fully saturated rings. The fourth-order valence-electron chi connectivity index (χ4n) is 0.113. The third-order valence-electron chi connectivity index (χ3n) is 0.598.